The minimum atomic E-state index is 0.0104. The van der Waals surface area contributed by atoms with Gasteiger partial charge in [-0.1, -0.05) is 40.7 Å². The first-order chi connectivity index (χ1) is 11.3. The third kappa shape index (κ3) is 5.87. The van der Waals surface area contributed by atoms with Crippen LogP contribution in [0.2, 0.25) is 0 Å². The summed E-state index contributed by atoms with van der Waals surface area (Å²) in [7, 11) is 0. The SMILES string of the molecule is CC(C)CN1CCN(CC(=O)NC(c2cccs2)C(C)(C)C)CC1. The van der Waals surface area contributed by atoms with Gasteiger partial charge in [-0.25, -0.2) is 0 Å². The minimum absolute atomic E-state index is 0.0104. The molecule has 0 spiro atoms. The predicted octanol–water partition coefficient (Wildman–Crippen LogP) is 3.23. The van der Waals surface area contributed by atoms with E-state index in [0.717, 1.165) is 32.7 Å². The number of thiophene rings is 1. The van der Waals surface area contributed by atoms with Gasteiger partial charge in [-0.15, -0.1) is 11.3 Å². The average molecular weight is 352 g/mol. The molecule has 1 aromatic rings. The van der Waals surface area contributed by atoms with Gasteiger partial charge in [-0.2, -0.15) is 0 Å². The molecule has 1 aromatic heterocycles. The van der Waals surface area contributed by atoms with Crippen LogP contribution in [0.15, 0.2) is 17.5 Å². The lowest BCUT2D eigenvalue weighted by molar-refractivity contribution is -0.124. The zero-order valence-electron chi connectivity index (χ0n) is 15.8. The van der Waals surface area contributed by atoms with Crippen LogP contribution in [0.3, 0.4) is 0 Å². The van der Waals surface area contributed by atoms with E-state index in [1.54, 1.807) is 11.3 Å². The summed E-state index contributed by atoms with van der Waals surface area (Å²) in [4.78, 5) is 18.6. The second-order valence-corrected chi connectivity index (χ2v) is 9.33. The predicted molar refractivity (Wildman–Crippen MR) is 102 cm³/mol. The highest BCUT2D eigenvalue weighted by Crippen LogP contribution is 2.35. The van der Waals surface area contributed by atoms with Crippen LogP contribution in [-0.2, 0) is 4.79 Å². The van der Waals surface area contributed by atoms with Crippen molar-refractivity contribution in [3.05, 3.63) is 22.4 Å². The summed E-state index contributed by atoms with van der Waals surface area (Å²) in [6.07, 6.45) is 0. The number of amides is 1. The highest BCUT2D eigenvalue weighted by atomic mass is 32.1. The lowest BCUT2D eigenvalue weighted by Gasteiger charge is -2.36. The Balaban J connectivity index is 1.84. The van der Waals surface area contributed by atoms with E-state index in [2.05, 4.69) is 67.2 Å². The van der Waals surface area contributed by atoms with E-state index < -0.39 is 0 Å². The normalized spacial score (nSPS) is 18.8. The summed E-state index contributed by atoms with van der Waals surface area (Å²) in [5.74, 6) is 0.846. The van der Waals surface area contributed by atoms with E-state index in [-0.39, 0.29) is 17.4 Å². The molecule has 2 rings (SSSR count). The summed E-state index contributed by atoms with van der Waals surface area (Å²) in [6.45, 7) is 16.8. The summed E-state index contributed by atoms with van der Waals surface area (Å²) < 4.78 is 0. The van der Waals surface area contributed by atoms with E-state index in [1.165, 1.54) is 4.88 Å². The van der Waals surface area contributed by atoms with Gasteiger partial charge in [0.15, 0.2) is 0 Å². The molecule has 1 atom stereocenters. The molecule has 5 heteroatoms. The molecular formula is C19H33N3OS. The second kappa shape index (κ2) is 8.45. The molecule has 1 fully saturated rings. The number of nitrogens with one attached hydrogen (secondary N) is 1. The largest absolute Gasteiger partial charge is 0.347 e. The fourth-order valence-electron chi connectivity index (χ4n) is 3.23. The summed E-state index contributed by atoms with van der Waals surface area (Å²) in [5.41, 5.74) is 0.0104. The van der Waals surface area contributed by atoms with Crippen molar-refractivity contribution in [2.45, 2.75) is 40.7 Å². The van der Waals surface area contributed by atoms with Gasteiger partial charge in [0.2, 0.25) is 5.91 Å². The first-order valence-electron chi connectivity index (χ1n) is 9.03. The molecule has 1 N–H and O–H groups in total. The number of nitrogens with zero attached hydrogens (tertiary/aromatic N) is 2. The summed E-state index contributed by atoms with van der Waals surface area (Å²) >= 11 is 1.72. The highest BCUT2D eigenvalue weighted by molar-refractivity contribution is 7.10. The second-order valence-electron chi connectivity index (χ2n) is 8.35. The lowest BCUT2D eigenvalue weighted by atomic mass is 9.85. The Labute approximate surface area is 151 Å². The van der Waals surface area contributed by atoms with Crippen LogP contribution in [0, 0.1) is 11.3 Å². The molecule has 0 bridgehead atoms. The molecule has 0 saturated carbocycles. The topological polar surface area (TPSA) is 35.6 Å². The fraction of sp³-hybridized carbons (Fsp3) is 0.737. The number of rotatable bonds is 6. The van der Waals surface area contributed by atoms with Crippen molar-refractivity contribution >= 4 is 17.2 Å². The van der Waals surface area contributed by atoms with Gasteiger partial charge >= 0.3 is 0 Å². The number of piperazine rings is 1. The van der Waals surface area contributed by atoms with Gasteiger partial charge < -0.3 is 10.2 Å². The van der Waals surface area contributed by atoms with Crippen LogP contribution in [0.5, 0.6) is 0 Å². The van der Waals surface area contributed by atoms with Gasteiger partial charge in [0.05, 0.1) is 12.6 Å². The first kappa shape index (κ1) is 19.4. The van der Waals surface area contributed by atoms with E-state index in [4.69, 9.17) is 0 Å². The Morgan fingerprint density at radius 1 is 1.21 bits per heavy atom. The fourth-order valence-corrected chi connectivity index (χ4v) is 4.25. The Morgan fingerprint density at radius 3 is 2.33 bits per heavy atom. The Kier molecular flexibility index (Phi) is 6.84. The zero-order chi connectivity index (χ0) is 17.7. The van der Waals surface area contributed by atoms with E-state index in [0.29, 0.717) is 12.5 Å². The average Bonchev–Trinajstić information content (AvgIpc) is 2.99. The van der Waals surface area contributed by atoms with E-state index in [1.807, 2.05) is 0 Å². The molecule has 1 aliphatic rings. The zero-order valence-corrected chi connectivity index (χ0v) is 16.7. The van der Waals surface area contributed by atoms with Crippen LogP contribution in [0.4, 0.5) is 0 Å². The number of hydrogen-bond acceptors (Lipinski definition) is 4. The number of hydrogen-bond donors (Lipinski definition) is 1. The molecule has 24 heavy (non-hydrogen) atoms. The molecule has 2 heterocycles. The van der Waals surface area contributed by atoms with Crippen LogP contribution in [-0.4, -0.2) is 55.0 Å². The molecule has 1 unspecified atom stereocenters. The van der Waals surface area contributed by atoms with Gasteiger partial charge in [-0.05, 0) is 22.8 Å². The molecule has 1 amide bonds. The Morgan fingerprint density at radius 2 is 1.83 bits per heavy atom. The summed E-state index contributed by atoms with van der Waals surface area (Å²) in [5, 5.41) is 5.34. The van der Waals surface area contributed by atoms with Crippen molar-refractivity contribution in [2.24, 2.45) is 11.3 Å². The van der Waals surface area contributed by atoms with Gasteiger partial charge in [0.1, 0.15) is 0 Å². The molecule has 0 radical (unpaired) electrons. The van der Waals surface area contributed by atoms with Crippen molar-refractivity contribution in [3.8, 4) is 0 Å². The molecule has 0 aromatic carbocycles. The molecule has 0 aliphatic carbocycles. The Bertz CT molecular complexity index is 499. The molecular weight excluding hydrogens is 318 g/mol. The Hall–Kier alpha value is -0.910. The lowest BCUT2D eigenvalue weighted by Crippen LogP contribution is -2.50. The van der Waals surface area contributed by atoms with Crippen molar-refractivity contribution in [1.29, 1.82) is 0 Å². The first-order valence-corrected chi connectivity index (χ1v) is 9.91. The van der Waals surface area contributed by atoms with Gasteiger partial charge in [-0.3, -0.25) is 9.69 Å². The van der Waals surface area contributed by atoms with Crippen molar-refractivity contribution in [1.82, 2.24) is 15.1 Å². The van der Waals surface area contributed by atoms with Crippen molar-refractivity contribution in [2.75, 3.05) is 39.3 Å². The van der Waals surface area contributed by atoms with Crippen LogP contribution in [0.25, 0.3) is 0 Å². The van der Waals surface area contributed by atoms with Crippen LogP contribution < -0.4 is 5.32 Å². The van der Waals surface area contributed by atoms with E-state index >= 15 is 0 Å². The number of carbonyl (C=O) groups is 1. The molecule has 1 aliphatic heterocycles. The highest BCUT2D eigenvalue weighted by Gasteiger charge is 2.29. The minimum Gasteiger partial charge on any atom is -0.347 e. The quantitative estimate of drug-likeness (QED) is 0.855. The molecule has 1 saturated heterocycles. The third-order valence-corrected chi connectivity index (χ3v) is 5.39. The van der Waals surface area contributed by atoms with Crippen molar-refractivity contribution in [3.63, 3.8) is 0 Å². The van der Waals surface area contributed by atoms with Crippen LogP contribution in [0.1, 0.15) is 45.5 Å². The van der Waals surface area contributed by atoms with E-state index in [9.17, 15) is 4.79 Å². The van der Waals surface area contributed by atoms with Crippen molar-refractivity contribution < 1.29 is 4.79 Å². The van der Waals surface area contributed by atoms with Gasteiger partial charge in [0, 0.05) is 37.6 Å². The maximum Gasteiger partial charge on any atom is 0.234 e. The molecule has 136 valence electrons. The smallest absolute Gasteiger partial charge is 0.234 e. The number of carbonyl (C=O) groups excluding carboxylic acids is 1. The summed E-state index contributed by atoms with van der Waals surface area (Å²) in [6, 6.07) is 4.25. The maximum absolute atomic E-state index is 12.6. The molecule has 4 nitrogen and oxygen atoms in total. The maximum atomic E-state index is 12.6. The van der Waals surface area contributed by atoms with Gasteiger partial charge in [0.25, 0.3) is 0 Å². The monoisotopic (exact) mass is 351 g/mol. The van der Waals surface area contributed by atoms with Crippen LogP contribution >= 0.6 is 11.3 Å². The standard InChI is InChI=1S/C19H33N3OS/c1-15(2)13-21-8-10-22(11-9-21)14-17(23)20-18(19(3,4)5)16-7-6-12-24-16/h6-7,12,15,18H,8-11,13-14H2,1-5H3,(H,20,23). The third-order valence-electron chi connectivity index (χ3n) is 4.45.